The van der Waals surface area contributed by atoms with Gasteiger partial charge >= 0.3 is 0 Å². The molecule has 0 spiro atoms. The molecule has 1 heterocycles. The lowest BCUT2D eigenvalue weighted by Crippen LogP contribution is -2.44. The molecule has 1 saturated carbocycles. The SMILES string of the molecule is CC(C)(C)C1CCC(C(=O)N(Cc2ccccc2)[C@@H]2C=CS(=O)(=O)C2)CC1. The van der Waals surface area contributed by atoms with Crippen LogP contribution >= 0.6 is 0 Å². The number of hydrogen-bond donors (Lipinski definition) is 0. The van der Waals surface area contributed by atoms with Crippen LogP contribution in [0.2, 0.25) is 0 Å². The zero-order valence-corrected chi connectivity index (χ0v) is 17.4. The van der Waals surface area contributed by atoms with Crippen LogP contribution in [-0.2, 0) is 21.2 Å². The summed E-state index contributed by atoms with van der Waals surface area (Å²) >= 11 is 0. The molecule has 1 aromatic carbocycles. The summed E-state index contributed by atoms with van der Waals surface area (Å²) < 4.78 is 23.9. The number of carbonyl (C=O) groups is 1. The van der Waals surface area contributed by atoms with Gasteiger partial charge in [-0.2, -0.15) is 0 Å². The fourth-order valence-corrected chi connectivity index (χ4v) is 5.63. The molecule has 3 rings (SSSR count). The number of rotatable bonds is 4. The Labute approximate surface area is 163 Å². The predicted octanol–water partition coefficient (Wildman–Crippen LogP) is 4.18. The molecule has 5 heteroatoms. The zero-order chi connectivity index (χ0) is 19.7. The lowest BCUT2D eigenvalue weighted by molar-refractivity contribution is -0.139. The summed E-state index contributed by atoms with van der Waals surface area (Å²) in [5.74, 6) is 0.765. The van der Waals surface area contributed by atoms with Crippen LogP contribution in [0.5, 0.6) is 0 Å². The van der Waals surface area contributed by atoms with Gasteiger partial charge in [0, 0.05) is 17.9 Å². The molecule has 0 saturated heterocycles. The normalized spacial score (nSPS) is 27.4. The van der Waals surface area contributed by atoms with Gasteiger partial charge in [0.15, 0.2) is 9.84 Å². The minimum Gasteiger partial charge on any atom is -0.331 e. The van der Waals surface area contributed by atoms with Gasteiger partial charge in [-0.25, -0.2) is 8.42 Å². The van der Waals surface area contributed by atoms with Gasteiger partial charge < -0.3 is 4.90 Å². The Kier molecular flexibility index (Phi) is 5.80. The average molecular weight is 390 g/mol. The average Bonchev–Trinajstić information content (AvgIpc) is 2.99. The summed E-state index contributed by atoms with van der Waals surface area (Å²) in [6.45, 7) is 7.28. The summed E-state index contributed by atoms with van der Waals surface area (Å²) in [5.41, 5.74) is 1.31. The van der Waals surface area contributed by atoms with E-state index in [0.717, 1.165) is 31.2 Å². The first-order valence-corrected chi connectivity index (χ1v) is 11.6. The van der Waals surface area contributed by atoms with Crippen molar-refractivity contribution in [2.24, 2.45) is 17.3 Å². The van der Waals surface area contributed by atoms with Crippen LogP contribution in [-0.4, -0.2) is 31.0 Å². The maximum absolute atomic E-state index is 13.4. The highest BCUT2D eigenvalue weighted by Gasteiger charge is 2.37. The van der Waals surface area contributed by atoms with Gasteiger partial charge in [-0.15, -0.1) is 0 Å². The van der Waals surface area contributed by atoms with Gasteiger partial charge in [-0.1, -0.05) is 51.1 Å². The summed E-state index contributed by atoms with van der Waals surface area (Å²) in [6.07, 6.45) is 5.61. The number of carbonyl (C=O) groups excluding carboxylic acids is 1. The third kappa shape index (κ3) is 5.01. The van der Waals surface area contributed by atoms with E-state index in [-0.39, 0.29) is 29.0 Å². The van der Waals surface area contributed by atoms with Crippen LogP contribution in [0.15, 0.2) is 41.8 Å². The van der Waals surface area contributed by atoms with Crippen molar-refractivity contribution in [3.05, 3.63) is 47.4 Å². The third-order valence-corrected chi connectivity index (χ3v) is 7.47. The van der Waals surface area contributed by atoms with E-state index in [0.29, 0.717) is 12.5 Å². The third-order valence-electron chi connectivity index (χ3n) is 6.09. The molecule has 1 aliphatic heterocycles. The van der Waals surface area contributed by atoms with Crippen molar-refractivity contribution in [3.63, 3.8) is 0 Å². The van der Waals surface area contributed by atoms with Gasteiger partial charge in [-0.3, -0.25) is 4.79 Å². The second-order valence-corrected chi connectivity index (χ2v) is 11.0. The molecule has 0 bridgehead atoms. The summed E-state index contributed by atoms with van der Waals surface area (Å²) in [6, 6.07) is 9.47. The predicted molar refractivity (Wildman–Crippen MR) is 109 cm³/mol. The van der Waals surface area contributed by atoms with Gasteiger partial charge in [0.25, 0.3) is 0 Å². The molecular weight excluding hydrogens is 358 g/mol. The van der Waals surface area contributed by atoms with Gasteiger partial charge in [0.05, 0.1) is 11.8 Å². The Morgan fingerprint density at radius 2 is 1.70 bits per heavy atom. The number of amides is 1. The van der Waals surface area contributed by atoms with Crippen LogP contribution < -0.4 is 0 Å². The van der Waals surface area contributed by atoms with Crippen molar-refractivity contribution in [2.45, 2.75) is 59.0 Å². The molecule has 2 aliphatic rings. The topological polar surface area (TPSA) is 54.5 Å². The summed E-state index contributed by atoms with van der Waals surface area (Å²) in [7, 11) is -3.20. The van der Waals surface area contributed by atoms with E-state index in [4.69, 9.17) is 0 Å². The molecule has 1 atom stereocenters. The lowest BCUT2D eigenvalue weighted by Gasteiger charge is -2.39. The Balaban J connectivity index is 1.74. The highest BCUT2D eigenvalue weighted by atomic mass is 32.2. The first kappa shape index (κ1) is 20.1. The van der Waals surface area contributed by atoms with E-state index in [9.17, 15) is 13.2 Å². The largest absolute Gasteiger partial charge is 0.331 e. The highest BCUT2D eigenvalue weighted by molar-refractivity contribution is 7.94. The first-order chi connectivity index (χ1) is 12.7. The van der Waals surface area contributed by atoms with Crippen LogP contribution in [0.3, 0.4) is 0 Å². The van der Waals surface area contributed by atoms with Crippen LogP contribution in [0.1, 0.15) is 52.0 Å². The van der Waals surface area contributed by atoms with Crippen molar-refractivity contribution in [1.82, 2.24) is 4.90 Å². The molecule has 1 fully saturated rings. The minimum absolute atomic E-state index is 0.00289. The molecule has 0 N–H and O–H groups in total. The Bertz CT molecular complexity index is 785. The van der Waals surface area contributed by atoms with Crippen molar-refractivity contribution < 1.29 is 13.2 Å². The first-order valence-electron chi connectivity index (χ1n) is 9.91. The van der Waals surface area contributed by atoms with E-state index in [1.807, 2.05) is 30.3 Å². The fourth-order valence-electron chi connectivity index (χ4n) is 4.33. The molecule has 0 radical (unpaired) electrons. The van der Waals surface area contributed by atoms with Gasteiger partial charge in [-0.05, 0) is 48.7 Å². The fraction of sp³-hybridized carbons (Fsp3) is 0.591. The van der Waals surface area contributed by atoms with Crippen molar-refractivity contribution >= 4 is 15.7 Å². The quantitative estimate of drug-likeness (QED) is 0.776. The maximum atomic E-state index is 13.4. The lowest BCUT2D eigenvalue weighted by atomic mass is 9.69. The summed E-state index contributed by atoms with van der Waals surface area (Å²) in [5, 5.41) is 1.26. The van der Waals surface area contributed by atoms with Gasteiger partial charge in [0.2, 0.25) is 5.91 Å². The number of hydrogen-bond acceptors (Lipinski definition) is 3. The second-order valence-electron chi connectivity index (χ2n) is 9.09. The molecule has 4 nitrogen and oxygen atoms in total. The van der Waals surface area contributed by atoms with E-state index < -0.39 is 9.84 Å². The second kappa shape index (κ2) is 7.78. The van der Waals surface area contributed by atoms with Crippen LogP contribution in [0.4, 0.5) is 0 Å². The maximum Gasteiger partial charge on any atom is 0.226 e. The monoisotopic (exact) mass is 389 g/mol. The van der Waals surface area contributed by atoms with E-state index in [2.05, 4.69) is 20.8 Å². The molecule has 0 aromatic heterocycles. The molecule has 0 unspecified atom stereocenters. The molecule has 148 valence electrons. The smallest absolute Gasteiger partial charge is 0.226 e. The number of benzene rings is 1. The standard InChI is InChI=1S/C22H31NO3S/c1-22(2,3)19-11-9-18(10-12-19)21(24)23(15-17-7-5-4-6-8-17)20-13-14-27(25,26)16-20/h4-8,13-14,18-20H,9-12,15-16H2,1-3H3/t18?,19?,20-/m1/s1. The van der Waals surface area contributed by atoms with Crippen LogP contribution in [0.25, 0.3) is 0 Å². The minimum atomic E-state index is -3.20. The zero-order valence-electron chi connectivity index (χ0n) is 16.6. The number of sulfone groups is 1. The Morgan fingerprint density at radius 3 is 2.22 bits per heavy atom. The Hall–Kier alpha value is -1.62. The molecular formula is C22H31NO3S. The van der Waals surface area contributed by atoms with Crippen molar-refractivity contribution in [2.75, 3.05) is 5.75 Å². The molecule has 1 aliphatic carbocycles. The molecule has 1 aromatic rings. The van der Waals surface area contributed by atoms with Crippen LogP contribution in [0, 0.1) is 17.3 Å². The highest BCUT2D eigenvalue weighted by Crippen LogP contribution is 2.40. The van der Waals surface area contributed by atoms with E-state index in [1.54, 1.807) is 11.0 Å². The number of nitrogens with zero attached hydrogens (tertiary/aromatic N) is 1. The summed E-state index contributed by atoms with van der Waals surface area (Å²) in [4.78, 5) is 15.1. The molecule has 1 amide bonds. The van der Waals surface area contributed by atoms with E-state index >= 15 is 0 Å². The van der Waals surface area contributed by atoms with Crippen molar-refractivity contribution in [3.8, 4) is 0 Å². The molecule has 27 heavy (non-hydrogen) atoms. The van der Waals surface area contributed by atoms with Gasteiger partial charge in [0.1, 0.15) is 0 Å². The van der Waals surface area contributed by atoms with E-state index in [1.165, 1.54) is 5.41 Å². The van der Waals surface area contributed by atoms with Crippen molar-refractivity contribution in [1.29, 1.82) is 0 Å². The Morgan fingerprint density at radius 1 is 1.07 bits per heavy atom.